The van der Waals surface area contributed by atoms with Gasteiger partial charge in [-0.3, -0.25) is 4.79 Å². The lowest BCUT2D eigenvalue weighted by Crippen LogP contribution is -2.18. The fourth-order valence-electron chi connectivity index (χ4n) is 2.02. The highest BCUT2D eigenvalue weighted by atomic mass is 16.3. The van der Waals surface area contributed by atoms with E-state index in [1.807, 2.05) is 31.2 Å². The molecule has 0 bridgehead atoms. The van der Waals surface area contributed by atoms with Gasteiger partial charge in [-0.1, -0.05) is 24.3 Å². The Balaban J connectivity index is 2.01. The molecule has 1 unspecified atom stereocenters. The molecule has 0 aromatic heterocycles. The number of nitrogens with two attached hydrogens (primary N) is 1. The normalized spacial score (nSPS) is 12.1. The van der Waals surface area contributed by atoms with E-state index in [0.29, 0.717) is 12.1 Å². The van der Waals surface area contributed by atoms with Crippen LogP contribution in [0.2, 0.25) is 0 Å². The maximum absolute atomic E-state index is 11.1. The quantitative estimate of drug-likeness (QED) is 0.780. The van der Waals surface area contributed by atoms with Crippen molar-refractivity contribution in [2.24, 2.45) is 5.73 Å². The van der Waals surface area contributed by atoms with Gasteiger partial charge in [-0.2, -0.15) is 0 Å². The molecule has 4 nitrogen and oxygen atoms in total. The van der Waals surface area contributed by atoms with Crippen LogP contribution in [-0.2, 0) is 6.54 Å². The monoisotopic (exact) mass is 270 g/mol. The number of phenolic OH excluding ortho intramolecular Hbond substituents is 1. The SMILES string of the molecule is CC(NCc1cccc(C(N)=O)c1)c1cccc(O)c1. The summed E-state index contributed by atoms with van der Waals surface area (Å²) in [5, 5.41) is 12.8. The minimum absolute atomic E-state index is 0.0966. The van der Waals surface area contributed by atoms with Gasteiger partial charge in [0.2, 0.25) is 5.91 Å². The van der Waals surface area contributed by atoms with Crippen LogP contribution in [0.1, 0.15) is 34.5 Å². The maximum atomic E-state index is 11.1. The van der Waals surface area contributed by atoms with Crippen LogP contribution in [0.4, 0.5) is 0 Å². The number of amides is 1. The third-order valence-electron chi connectivity index (χ3n) is 3.19. The van der Waals surface area contributed by atoms with E-state index in [-0.39, 0.29) is 11.8 Å². The number of benzene rings is 2. The molecule has 2 aromatic rings. The highest BCUT2D eigenvalue weighted by Gasteiger charge is 2.06. The smallest absolute Gasteiger partial charge is 0.248 e. The number of carbonyl (C=O) groups excluding carboxylic acids is 1. The first-order valence-corrected chi connectivity index (χ1v) is 6.47. The van der Waals surface area contributed by atoms with E-state index in [1.165, 1.54) is 0 Å². The van der Waals surface area contributed by atoms with E-state index in [0.717, 1.165) is 11.1 Å². The van der Waals surface area contributed by atoms with Crippen molar-refractivity contribution in [1.29, 1.82) is 0 Å². The fourth-order valence-corrected chi connectivity index (χ4v) is 2.02. The van der Waals surface area contributed by atoms with Crippen molar-refractivity contribution in [2.75, 3.05) is 0 Å². The lowest BCUT2D eigenvalue weighted by molar-refractivity contribution is 0.1000. The van der Waals surface area contributed by atoms with Crippen molar-refractivity contribution in [1.82, 2.24) is 5.32 Å². The second kappa shape index (κ2) is 6.21. The van der Waals surface area contributed by atoms with Crippen molar-refractivity contribution < 1.29 is 9.90 Å². The van der Waals surface area contributed by atoms with Crippen LogP contribution in [0.5, 0.6) is 5.75 Å². The van der Waals surface area contributed by atoms with E-state index in [4.69, 9.17) is 5.73 Å². The van der Waals surface area contributed by atoms with Crippen LogP contribution in [0.15, 0.2) is 48.5 Å². The number of primary amides is 1. The minimum Gasteiger partial charge on any atom is -0.508 e. The highest BCUT2D eigenvalue weighted by Crippen LogP contribution is 2.18. The first kappa shape index (κ1) is 14.1. The summed E-state index contributed by atoms with van der Waals surface area (Å²) in [5.74, 6) is -0.167. The van der Waals surface area contributed by atoms with Crippen LogP contribution in [-0.4, -0.2) is 11.0 Å². The summed E-state index contributed by atoms with van der Waals surface area (Å²) < 4.78 is 0. The Morgan fingerprint density at radius 3 is 2.70 bits per heavy atom. The van der Waals surface area contributed by atoms with E-state index >= 15 is 0 Å². The molecular weight excluding hydrogens is 252 g/mol. The molecule has 0 heterocycles. The van der Waals surface area contributed by atoms with Crippen LogP contribution in [0.25, 0.3) is 0 Å². The van der Waals surface area contributed by atoms with Crippen molar-refractivity contribution in [3.63, 3.8) is 0 Å². The molecule has 0 aliphatic rings. The fraction of sp³-hybridized carbons (Fsp3) is 0.188. The third-order valence-corrected chi connectivity index (χ3v) is 3.19. The van der Waals surface area contributed by atoms with Gasteiger partial charge in [-0.15, -0.1) is 0 Å². The van der Waals surface area contributed by atoms with Gasteiger partial charge in [-0.05, 0) is 42.3 Å². The van der Waals surface area contributed by atoms with E-state index in [9.17, 15) is 9.90 Å². The zero-order chi connectivity index (χ0) is 14.5. The molecule has 0 saturated heterocycles. The van der Waals surface area contributed by atoms with Crippen LogP contribution in [0.3, 0.4) is 0 Å². The van der Waals surface area contributed by atoms with E-state index < -0.39 is 5.91 Å². The molecule has 4 heteroatoms. The predicted molar refractivity (Wildman–Crippen MR) is 78.3 cm³/mol. The van der Waals surface area contributed by atoms with Crippen LogP contribution >= 0.6 is 0 Å². The highest BCUT2D eigenvalue weighted by molar-refractivity contribution is 5.92. The zero-order valence-corrected chi connectivity index (χ0v) is 11.3. The van der Waals surface area contributed by atoms with Crippen LogP contribution in [0, 0.1) is 0 Å². The van der Waals surface area contributed by atoms with E-state index in [1.54, 1.807) is 24.3 Å². The van der Waals surface area contributed by atoms with Crippen molar-refractivity contribution in [2.45, 2.75) is 19.5 Å². The lowest BCUT2D eigenvalue weighted by atomic mass is 10.1. The average molecular weight is 270 g/mol. The van der Waals surface area contributed by atoms with Gasteiger partial charge in [0, 0.05) is 18.2 Å². The molecule has 0 saturated carbocycles. The number of nitrogens with one attached hydrogen (secondary N) is 1. The van der Waals surface area contributed by atoms with Gasteiger partial charge >= 0.3 is 0 Å². The molecule has 1 amide bonds. The van der Waals surface area contributed by atoms with Crippen molar-refractivity contribution >= 4 is 5.91 Å². The molecule has 0 aliphatic heterocycles. The molecule has 2 aromatic carbocycles. The molecule has 0 fully saturated rings. The molecule has 4 N–H and O–H groups in total. The zero-order valence-electron chi connectivity index (χ0n) is 11.3. The molecular formula is C16H18N2O2. The Hall–Kier alpha value is -2.33. The summed E-state index contributed by atoms with van der Waals surface area (Å²) in [6.45, 7) is 2.64. The van der Waals surface area contributed by atoms with Gasteiger partial charge < -0.3 is 16.2 Å². The Labute approximate surface area is 118 Å². The van der Waals surface area contributed by atoms with Gasteiger partial charge in [0.25, 0.3) is 0 Å². The van der Waals surface area contributed by atoms with Gasteiger partial charge in [-0.25, -0.2) is 0 Å². The van der Waals surface area contributed by atoms with Gasteiger partial charge in [0.05, 0.1) is 0 Å². The van der Waals surface area contributed by atoms with Crippen molar-refractivity contribution in [3.8, 4) is 5.75 Å². The Morgan fingerprint density at radius 1 is 1.25 bits per heavy atom. The molecule has 2 rings (SSSR count). The number of carbonyl (C=O) groups is 1. The topological polar surface area (TPSA) is 75.3 Å². The van der Waals surface area contributed by atoms with E-state index in [2.05, 4.69) is 5.32 Å². The molecule has 0 spiro atoms. The molecule has 104 valence electrons. The molecule has 0 aliphatic carbocycles. The summed E-state index contributed by atoms with van der Waals surface area (Å²) in [6.07, 6.45) is 0. The Kier molecular flexibility index (Phi) is 4.38. The number of rotatable bonds is 5. The second-order valence-corrected chi connectivity index (χ2v) is 4.76. The summed E-state index contributed by atoms with van der Waals surface area (Å²) >= 11 is 0. The molecule has 1 atom stereocenters. The van der Waals surface area contributed by atoms with Gasteiger partial charge in [0.15, 0.2) is 0 Å². The number of aromatic hydroxyl groups is 1. The predicted octanol–water partition coefficient (Wildman–Crippen LogP) is 2.34. The second-order valence-electron chi connectivity index (χ2n) is 4.76. The Bertz CT molecular complexity index is 611. The van der Waals surface area contributed by atoms with Crippen LogP contribution < -0.4 is 11.1 Å². The van der Waals surface area contributed by atoms with Crippen molar-refractivity contribution in [3.05, 3.63) is 65.2 Å². The summed E-state index contributed by atoms with van der Waals surface area (Å²) in [6, 6.07) is 14.5. The minimum atomic E-state index is -0.423. The lowest BCUT2D eigenvalue weighted by Gasteiger charge is -2.14. The number of hydrogen-bond acceptors (Lipinski definition) is 3. The summed E-state index contributed by atoms with van der Waals surface area (Å²) in [7, 11) is 0. The number of phenols is 1. The molecule has 0 radical (unpaired) electrons. The molecule has 20 heavy (non-hydrogen) atoms. The first-order chi connectivity index (χ1) is 9.56. The largest absolute Gasteiger partial charge is 0.508 e. The van der Waals surface area contributed by atoms with Gasteiger partial charge in [0.1, 0.15) is 5.75 Å². The summed E-state index contributed by atoms with van der Waals surface area (Å²) in [5.41, 5.74) is 7.77. The maximum Gasteiger partial charge on any atom is 0.248 e. The Morgan fingerprint density at radius 2 is 2.00 bits per heavy atom. The standard InChI is InChI=1S/C16H18N2O2/c1-11(13-5-3-7-15(19)9-13)18-10-12-4-2-6-14(8-12)16(17)20/h2-9,11,18-19H,10H2,1H3,(H2,17,20). The summed E-state index contributed by atoms with van der Waals surface area (Å²) in [4.78, 5) is 11.1. The third kappa shape index (κ3) is 3.59. The average Bonchev–Trinajstić information content (AvgIpc) is 2.45. The number of hydrogen-bond donors (Lipinski definition) is 3. The first-order valence-electron chi connectivity index (χ1n) is 6.47.